The summed E-state index contributed by atoms with van der Waals surface area (Å²) >= 11 is 6.87. The molecule has 0 aliphatic carbocycles. The summed E-state index contributed by atoms with van der Waals surface area (Å²) < 4.78 is 7.69. The summed E-state index contributed by atoms with van der Waals surface area (Å²) in [7, 11) is 0. The van der Waals surface area contributed by atoms with Gasteiger partial charge in [0, 0.05) is 8.95 Å². The van der Waals surface area contributed by atoms with Gasteiger partial charge in [0.2, 0.25) is 0 Å². The van der Waals surface area contributed by atoms with Gasteiger partial charge in [-0.25, -0.2) is 0 Å². The first kappa shape index (κ1) is 15.1. The van der Waals surface area contributed by atoms with Crippen molar-refractivity contribution in [1.82, 2.24) is 0 Å². The molecule has 0 spiro atoms. The molecule has 0 atom stereocenters. The van der Waals surface area contributed by atoms with E-state index in [1.165, 1.54) is 0 Å². The third-order valence-corrected chi connectivity index (χ3v) is 4.59. The summed E-state index contributed by atoms with van der Waals surface area (Å²) in [4.78, 5) is 11.4. The Hall–Kier alpha value is -1.33. The number of nitrogens with two attached hydrogens (primary N) is 1. The standard InChI is InChI=1S/C15H13Br2NO2/c1-8-5-11(6-9(2)14(8)17)20-13-7-10(16)3-4-12(13)15(18)19/h3-7H,1-2H3,(H2,18,19). The molecule has 2 N–H and O–H groups in total. The van der Waals surface area contributed by atoms with Crippen molar-refractivity contribution in [1.29, 1.82) is 0 Å². The van der Waals surface area contributed by atoms with E-state index in [4.69, 9.17) is 10.5 Å². The smallest absolute Gasteiger partial charge is 0.252 e. The maximum Gasteiger partial charge on any atom is 0.252 e. The van der Waals surface area contributed by atoms with E-state index in [0.717, 1.165) is 20.1 Å². The van der Waals surface area contributed by atoms with E-state index in [1.807, 2.05) is 26.0 Å². The normalized spacial score (nSPS) is 10.4. The number of benzene rings is 2. The maximum atomic E-state index is 11.4. The predicted octanol–water partition coefficient (Wildman–Crippen LogP) is 4.72. The van der Waals surface area contributed by atoms with Crippen molar-refractivity contribution in [2.75, 3.05) is 0 Å². The van der Waals surface area contributed by atoms with E-state index >= 15 is 0 Å². The number of ether oxygens (including phenoxy) is 1. The van der Waals surface area contributed by atoms with Crippen LogP contribution >= 0.6 is 31.9 Å². The molecule has 1 amide bonds. The molecule has 0 heterocycles. The maximum absolute atomic E-state index is 11.4. The van der Waals surface area contributed by atoms with Gasteiger partial charge in [-0.2, -0.15) is 0 Å². The number of halogens is 2. The average molecular weight is 399 g/mol. The Bertz CT molecular complexity index is 661. The highest BCUT2D eigenvalue weighted by atomic mass is 79.9. The zero-order valence-electron chi connectivity index (χ0n) is 11.0. The molecule has 0 aliphatic rings. The third-order valence-electron chi connectivity index (χ3n) is 2.85. The van der Waals surface area contributed by atoms with Crippen molar-refractivity contribution >= 4 is 37.8 Å². The Morgan fingerprint density at radius 1 is 1.10 bits per heavy atom. The largest absolute Gasteiger partial charge is 0.456 e. The summed E-state index contributed by atoms with van der Waals surface area (Å²) in [5.74, 6) is 0.592. The second-order valence-corrected chi connectivity index (χ2v) is 6.19. The minimum Gasteiger partial charge on any atom is -0.456 e. The fourth-order valence-corrected chi connectivity index (χ4v) is 2.45. The number of rotatable bonds is 3. The van der Waals surface area contributed by atoms with E-state index < -0.39 is 5.91 Å². The Morgan fingerprint density at radius 3 is 2.25 bits per heavy atom. The molecule has 3 nitrogen and oxygen atoms in total. The predicted molar refractivity (Wildman–Crippen MR) is 86.3 cm³/mol. The molecule has 2 aromatic carbocycles. The van der Waals surface area contributed by atoms with Crippen molar-refractivity contribution < 1.29 is 9.53 Å². The monoisotopic (exact) mass is 397 g/mol. The number of hydrogen-bond acceptors (Lipinski definition) is 2. The van der Waals surface area contributed by atoms with E-state index in [-0.39, 0.29) is 0 Å². The van der Waals surface area contributed by atoms with Gasteiger partial charge >= 0.3 is 0 Å². The van der Waals surface area contributed by atoms with Crippen molar-refractivity contribution in [3.05, 3.63) is 56.0 Å². The van der Waals surface area contributed by atoms with Crippen LogP contribution in [0.2, 0.25) is 0 Å². The molecule has 0 unspecified atom stereocenters. The Balaban J connectivity index is 2.44. The quantitative estimate of drug-likeness (QED) is 0.813. The fraction of sp³-hybridized carbons (Fsp3) is 0.133. The minimum atomic E-state index is -0.516. The molecule has 0 saturated heterocycles. The first-order valence-electron chi connectivity index (χ1n) is 5.92. The summed E-state index contributed by atoms with van der Waals surface area (Å²) in [5, 5.41) is 0. The molecule has 2 rings (SSSR count). The summed E-state index contributed by atoms with van der Waals surface area (Å²) in [6.45, 7) is 3.97. The first-order chi connectivity index (χ1) is 9.38. The number of carbonyl (C=O) groups excluding carboxylic acids is 1. The van der Waals surface area contributed by atoms with Gasteiger partial charge in [-0.05, 0) is 55.3 Å². The molecule has 104 valence electrons. The lowest BCUT2D eigenvalue weighted by Crippen LogP contribution is -2.12. The molecular formula is C15H13Br2NO2. The lowest BCUT2D eigenvalue weighted by Gasteiger charge is -2.12. The Morgan fingerprint density at radius 2 is 1.70 bits per heavy atom. The fourth-order valence-electron chi connectivity index (χ4n) is 1.88. The highest BCUT2D eigenvalue weighted by molar-refractivity contribution is 9.10. The van der Waals surface area contributed by atoms with E-state index in [2.05, 4.69) is 31.9 Å². The molecule has 20 heavy (non-hydrogen) atoms. The van der Waals surface area contributed by atoms with Gasteiger partial charge in [0.05, 0.1) is 5.56 Å². The van der Waals surface area contributed by atoms with Crippen LogP contribution in [0.4, 0.5) is 0 Å². The van der Waals surface area contributed by atoms with E-state index in [1.54, 1.807) is 18.2 Å². The Kier molecular flexibility index (Phi) is 4.50. The molecule has 2 aromatic rings. The van der Waals surface area contributed by atoms with Gasteiger partial charge in [-0.15, -0.1) is 0 Å². The van der Waals surface area contributed by atoms with Gasteiger partial charge in [0.25, 0.3) is 5.91 Å². The van der Waals surface area contributed by atoms with Crippen LogP contribution in [-0.4, -0.2) is 5.91 Å². The average Bonchev–Trinajstić information content (AvgIpc) is 2.35. The second-order valence-electron chi connectivity index (χ2n) is 4.48. The number of aryl methyl sites for hydroxylation is 2. The zero-order valence-corrected chi connectivity index (χ0v) is 14.2. The third kappa shape index (κ3) is 3.22. The molecule has 0 aliphatic heterocycles. The molecule has 0 aromatic heterocycles. The molecule has 0 bridgehead atoms. The number of hydrogen-bond donors (Lipinski definition) is 1. The zero-order chi connectivity index (χ0) is 14.9. The highest BCUT2D eigenvalue weighted by Gasteiger charge is 2.12. The lowest BCUT2D eigenvalue weighted by atomic mass is 10.1. The molecular weight excluding hydrogens is 386 g/mol. The van der Waals surface area contributed by atoms with Crippen LogP contribution in [0.1, 0.15) is 21.5 Å². The van der Waals surface area contributed by atoms with Crippen molar-refractivity contribution in [2.24, 2.45) is 5.73 Å². The summed E-state index contributed by atoms with van der Waals surface area (Å²) in [6, 6.07) is 8.93. The topological polar surface area (TPSA) is 52.3 Å². The molecule has 5 heteroatoms. The second kappa shape index (κ2) is 5.97. The summed E-state index contributed by atoms with van der Waals surface area (Å²) in [6.07, 6.45) is 0. The minimum absolute atomic E-state index is 0.353. The van der Waals surface area contributed by atoms with Crippen LogP contribution in [0.3, 0.4) is 0 Å². The molecule has 0 fully saturated rings. The van der Waals surface area contributed by atoms with Crippen LogP contribution in [-0.2, 0) is 0 Å². The molecule has 0 saturated carbocycles. The summed E-state index contributed by atoms with van der Waals surface area (Å²) in [5.41, 5.74) is 7.84. The number of carbonyl (C=O) groups is 1. The van der Waals surface area contributed by atoms with Gasteiger partial charge in [0.15, 0.2) is 0 Å². The van der Waals surface area contributed by atoms with Gasteiger partial charge in [0.1, 0.15) is 11.5 Å². The van der Waals surface area contributed by atoms with Gasteiger partial charge < -0.3 is 10.5 Å². The number of amides is 1. The van der Waals surface area contributed by atoms with E-state index in [9.17, 15) is 4.79 Å². The van der Waals surface area contributed by atoms with Gasteiger partial charge in [-0.1, -0.05) is 31.9 Å². The van der Waals surface area contributed by atoms with Crippen molar-refractivity contribution in [3.8, 4) is 11.5 Å². The van der Waals surface area contributed by atoms with E-state index in [0.29, 0.717) is 17.1 Å². The molecule has 0 radical (unpaired) electrons. The van der Waals surface area contributed by atoms with Crippen LogP contribution in [0.5, 0.6) is 11.5 Å². The highest BCUT2D eigenvalue weighted by Crippen LogP contribution is 2.32. The van der Waals surface area contributed by atoms with Crippen LogP contribution in [0.15, 0.2) is 39.3 Å². The van der Waals surface area contributed by atoms with Crippen LogP contribution in [0, 0.1) is 13.8 Å². The first-order valence-corrected chi connectivity index (χ1v) is 7.51. The van der Waals surface area contributed by atoms with Crippen LogP contribution in [0.25, 0.3) is 0 Å². The van der Waals surface area contributed by atoms with Crippen LogP contribution < -0.4 is 10.5 Å². The van der Waals surface area contributed by atoms with Crippen molar-refractivity contribution in [3.63, 3.8) is 0 Å². The Labute approximate surface area is 134 Å². The SMILES string of the molecule is Cc1cc(Oc2cc(Br)ccc2C(N)=O)cc(C)c1Br. The number of primary amides is 1. The lowest BCUT2D eigenvalue weighted by molar-refractivity contribution is 0.0998. The van der Waals surface area contributed by atoms with Gasteiger partial charge in [-0.3, -0.25) is 4.79 Å². The van der Waals surface area contributed by atoms with Crippen molar-refractivity contribution in [2.45, 2.75) is 13.8 Å².